The zero-order chi connectivity index (χ0) is 10.9. The quantitative estimate of drug-likeness (QED) is 0.689. The molecule has 0 aliphatic carbocycles. The van der Waals surface area contributed by atoms with Crippen molar-refractivity contribution in [2.45, 2.75) is 31.7 Å². The zero-order valence-electron chi connectivity index (χ0n) is 9.12. The molecule has 0 aromatic heterocycles. The number of aliphatic imine (C=N–C) groups is 1. The first-order valence-electron chi connectivity index (χ1n) is 5.57. The van der Waals surface area contributed by atoms with Crippen molar-refractivity contribution in [3.8, 4) is 0 Å². The maximum absolute atomic E-state index is 11.7. The highest BCUT2D eigenvalue weighted by Gasteiger charge is 2.48. The molecule has 0 radical (unpaired) electrons. The number of hydrogen-bond acceptors (Lipinski definition) is 3. The molecule has 0 aromatic carbocycles. The molecule has 1 saturated heterocycles. The van der Waals surface area contributed by atoms with E-state index in [9.17, 15) is 4.79 Å². The van der Waals surface area contributed by atoms with Crippen LogP contribution in [0.3, 0.4) is 0 Å². The number of carbonyl (C=O) groups is 1. The molecule has 0 unspecified atom stereocenters. The van der Waals surface area contributed by atoms with E-state index in [0.717, 1.165) is 38.9 Å². The molecule has 1 fully saturated rings. The van der Waals surface area contributed by atoms with Gasteiger partial charge in [-0.15, -0.1) is 0 Å². The Morgan fingerprint density at radius 1 is 1.53 bits per heavy atom. The number of nitrogens with one attached hydrogen (secondary N) is 1. The smallest absolute Gasteiger partial charge is 0.346 e. The molecule has 15 heavy (non-hydrogen) atoms. The number of rotatable bonds is 2. The van der Waals surface area contributed by atoms with Gasteiger partial charge in [0, 0.05) is 6.54 Å². The van der Waals surface area contributed by atoms with Crippen LogP contribution in [0.5, 0.6) is 0 Å². The van der Waals surface area contributed by atoms with Crippen molar-refractivity contribution in [1.29, 1.82) is 0 Å². The van der Waals surface area contributed by atoms with E-state index in [4.69, 9.17) is 5.73 Å². The molecule has 2 rings (SSSR count). The van der Waals surface area contributed by atoms with E-state index in [1.165, 1.54) is 0 Å². The molecule has 2 heterocycles. The molecule has 2 aliphatic rings. The third-order valence-corrected chi connectivity index (χ3v) is 3.32. The summed E-state index contributed by atoms with van der Waals surface area (Å²) >= 11 is 0. The molecule has 5 heteroatoms. The molecule has 0 saturated carbocycles. The van der Waals surface area contributed by atoms with Gasteiger partial charge >= 0.3 is 6.03 Å². The maximum Gasteiger partial charge on any atom is 0.346 e. The summed E-state index contributed by atoms with van der Waals surface area (Å²) in [5, 5.41) is 3.29. The monoisotopic (exact) mass is 210 g/mol. The SMILES string of the molecule is CCCN1C(=O)N=C(N)C12CCNCC2. The topological polar surface area (TPSA) is 70.7 Å². The number of piperidine rings is 1. The van der Waals surface area contributed by atoms with Gasteiger partial charge in [-0.05, 0) is 32.4 Å². The van der Waals surface area contributed by atoms with Gasteiger partial charge in [-0.2, -0.15) is 4.99 Å². The molecular weight excluding hydrogens is 192 g/mol. The van der Waals surface area contributed by atoms with E-state index in [1.54, 1.807) is 0 Å². The van der Waals surface area contributed by atoms with Crippen LogP contribution in [-0.2, 0) is 0 Å². The van der Waals surface area contributed by atoms with Crippen molar-refractivity contribution < 1.29 is 4.79 Å². The summed E-state index contributed by atoms with van der Waals surface area (Å²) in [4.78, 5) is 17.5. The van der Waals surface area contributed by atoms with Crippen LogP contribution in [-0.4, -0.2) is 41.9 Å². The van der Waals surface area contributed by atoms with Crippen LogP contribution >= 0.6 is 0 Å². The van der Waals surface area contributed by atoms with Crippen molar-refractivity contribution >= 4 is 11.9 Å². The van der Waals surface area contributed by atoms with E-state index >= 15 is 0 Å². The number of nitrogens with zero attached hydrogens (tertiary/aromatic N) is 2. The van der Waals surface area contributed by atoms with E-state index in [0.29, 0.717) is 5.84 Å². The molecule has 1 spiro atoms. The third-order valence-electron chi connectivity index (χ3n) is 3.32. The number of amidine groups is 1. The van der Waals surface area contributed by atoms with Gasteiger partial charge in [0.15, 0.2) is 0 Å². The van der Waals surface area contributed by atoms with Crippen molar-refractivity contribution in [1.82, 2.24) is 10.2 Å². The predicted octanol–water partition coefficient (Wildman–Crippen LogP) is 0.311. The van der Waals surface area contributed by atoms with Crippen molar-refractivity contribution in [2.75, 3.05) is 19.6 Å². The highest BCUT2D eigenvalue weighted by Crippen LogP contribution is 2.31. The molecule has 2 aliphatic heterocycles. The van der Waals surface area contributed by atoms with Gasteiger partial charge in [0.25, 0.3) is 0 Å². The number of hydrogen-bond donors (Lipinski definition) is 2. The molecule has 3 N–H and O–H groups in total. The standard InChI is InChI=1S/C10H18N4O/c1-2-7-14-9(15)13-8(11)10(14)3-5-12-6-4-10/h12H,2-7H2,1H3,(H2,11,13,15). The average Bonchev–Trinajstić information content (AvgIpc) is 2.45. The summed E-state index contributed by atoms with van der Waals surface area (Å²) in [7, 11) is 0. The Labute approximate surface area is 89.7 Å². The average molecular weight is 210 g/mol. The van der Waals surface area contributed by atoms with Crippen molar-refractivity contribution in [3.63, 3.8) is 0 Å². The molecular formula is C10H18N4O. The Kier molecular flexibility index (Phi) is 2.65. The van der Waals surface area contributed by atoms with Crippen LogP contribution in [0, 0.1) is 0 Å². The molecule has 0 bridgehead atoms. The summed E-state index contributed by atoms with van der Waals surface area (Å²) < 4.78 is 0. The lowest BCUT2D eigenvalue weighted by molar-refractivity contribution is 0.148. The van der Waals surface area contributed by atoms with Gasteiger partial charge in [0.05, 0.1) is 0 Å². The highest BCUT2D eigenvalue weighted by molar-refractivity contribution is 6.05. The van der Waals surface area contributed by atoms with Gasteiger partial charge < -0.3 is 16.0 Å². The molecule has 5 nitrogen and oxygen atoms in total. The summed E-state index contributed by atoms with van der Waals surface area (Å²) in [6, 6.07) is -0.156. The lowest BCUT2D eigenvalue weighted by atomic mass is 9.86. The summed E-state index contributed by atoms with van der Waals surface area (Å²) in [5.41, 5.74) is 5.64. The van der Waals surface area contributed by atoms with E-state index < -0.39 is 0 Å². The normalized spacial score (nSPS) is 24.7. The number of urea groups is 1. The Balaban J connectivity index is 2.25. The van der Waals surface area contributed by atoms with Gasteiger partial charge in [-0.25, -0.2) is 4.79 Å². The Morgan fingerprint density at radius 3 is 2.80 bits per heavy atom. The third kappa shape index (κ3) is 1.51. The minimum absolute atomic E-state index is 0.156. The zero-order valence-corrected chi connectivity index (χ0v) is 9.12. The number of amides is 2. The van der Waals surface area contributed by atoms with Gasteiger partial charge in [-0.3, -0.25) is 0 Å². The van der Waals surface area contributed by atoms with E-state index in [-0.39, 0.29) is 11.6 Å². The predicted molar refractivity (Wildman–Crippen MR) is 58.9 cm³/mol. The summed E-state index contributed by atoms with van der Waals surface area (Å²) in [6.07, 6.45) is 2.71. The van der Waals surface area contributed by atoms with Crippen molar-refractivity contribution in [2.24, 2.45) is 10.7 Å². The first-order chi connectivity index (χ1) is 7.20. The second kappa shape index (κ2) is 3.81. The highest BCUT2D eigenvalue weighted by atomic mass is 16.2. The van der Waals surface area contributed by atoms with Crippen molar-refractivity contribution in [3.05, 3.63) is 0 Å². The molecule has 84 valence electrons. The summed E-state index contributed by atoms with van der Waals surface area (Å²) in [6.45, 7) is 4.63. The largest absolute Gasteiger partial charge is 0.385 e. The van der Waals surface area contributed by atoms with E-state index in [2.05, 4.69) is 17.2 Å². The minimum Gasteiger partial charge on any atom is -0.385 e. The second-order valence-corrected chi connectivity index (χ2v) is 4.21. The lowest BCUT2D eigenvalue weighted by Crippen LogP contribution is -2.59. The molecule has 2 amide bonds. The first-order valence-corrected chi connectivity index (χ1v) is 5.57. The maximum atomic E-state index is 11.7. The fourth-order valence-electron chi connectivity index (χ4n) is 2.49. The fraction of sp³-hybridized carbons (Fsp3) is 0.800. The van der Waals surface area contributed by atoms with Gasteiger partial charge in [0.2, 0.25) is 0 Å². The van der Waals surface area contributed by atoms with Crippen LogP contribution in [0.1, 0.15) is 26.2 Å². The first kappa shape index (κ1) is 10.4. The summed E-state index contributed by atoms with van der Waals surface area (Å²) in [5.74, 6) is 0.516. The van der Waals surface area contributed by atoms with E-state index in [1.807, 2.05) is 4.90 Å². The second-order valence-electron chi connectivity index (χ2n) is 4.21. The van der Waals surface area contributed by atoms with Crippen LogP contribution in [0.2, 0.25) is 0 Å². The van der Waals surface area contributed by atoms with Gasteiger partial charge in [0.1, 0.15) is 11.4 Å². The molecule has 0 aromatic rings. The van der Waals surface area contributed by atoms with Crippen LogP contribution in [0.15, 0.2) is 4.99 Å². The number of carbonyl (C=O) groups excluding carboxylic acids is 1. The Hall–Kier alpha value is -1.10. The van der Waals surface area contributed by atoms with Crippen LogP contribution in [0.25, 0.3) is 0 Å². The van der Waals surface area contributed by atoms with Crippen LogP contribution < -0.4 is 11.1 Å². The van der Waals surface area contributed by atoms with Gasteiger partial charge in [-0.1, -0.05) is 6.92 Å². The minimum atomic E-state index is -0.279. The Morgan fingerprint density at radius 2 is 2.20 bits per heavy atom. The Bertz CT molecular complexity index is 294. The molecule has 0 atom stereocenters. The lowest BCUT2D eigenvalue weighted by Gasteiger charge is -2.41. The number of nitrogens with two attached hydrogens (primary N) is 1. The fourth-order valence-corrected chi connectivity index (χ4v) is 2.49. The van der Waals surface area contributed by atoms with Crippen LogP contribution in [0.4, 0.5) is 4.79 Å².